The van der Waals surface area contributed by atoms with E-state index in [4.69, 9.17) is 15.7 Å². The first-order valence-corrected chi connectivity index (χ1v) is 6.40. The maximum Gasteiger partial charge on any atom is 0.242 e. The van der Waals surface area contributed by atoms with Crippen LogP contribution in [0.5, 0.6) is 0 Å². The van der Waals surface area contributed by atoms with Crippen LogP contribution in [-0.4, -0.2) is 36.8 Å². The highest BCUT2D eigenvalue weighted by atomic mass is 16.5. The zero-order valence-corrected chi connectivity index (χ0v) is 11.2. The number of nitrogens with zero attached hydrogens (tertiary/aromatic N) is 2. The number of benzene rings is 1. The standard InChI is InChI=1S/C14H17N3O3/c1-9(18)11-3-2-10(7-15)6-12(11)17-4-5-20-8-13(17)14(16)19/h2-3,6,9,13,18H,4-5,8H2,1H3,(H2,16,19)/t9-,13?/m1/s1. The monoisotopic (exact) mass is 275 g/mol. The van der Waals surface area contributed by atoms with Crippen LogP contribution in [0.1, 0.15) is 24.2 Å². The van der Waals surface area contributed by atoms with Crippen molar-refractivity contribution in [2.24, 2.45) is 5.73 Å². The smallest absolute Gasteiger partial charge is 0.242 e. The van der Waals surface area contributed by atoms with Crippen molar-refractivity contribution in [1.82, 2.24) is 0 Å². The number of hydrogen-bond acceptors (Lipinski definition) is 5. The molecule has 0 radical (unpaired) electrons. The highest BCUT2D eigenvalue weighted by Gasteiger charge is 2.30. The summed E-state index contributed by atoms with van der Waals surface area (Å²) in [5.74, 6) is -0.483. The number of aliphatic hydroxyl groups is 1. The lowest BCUT2D eigenvalue weighted by Crippen LogP contribution is -2.53. The molecule has 1 aromatic carbocycles. The van der Waals surface area contributed by atoms with Crippen LogP contribution < -0.4 is 10.6 Å². The number of nitriles is 1. The van der Waals surface area contributed by atoms with E-state index in [9.17, 15) is 9.90 Å². The van der Waals surface area contributed by atoms with E-state index >= 15 is 0 Å². The summed E-state index contributed by atoms with van der Waals surface area (Å²) in [6.07, 6.45) is -0.700. The van der Waals surface area contributed by atoms with Gasteiger partial charge in [0.25, 0.3) is 0 Å². The third kappa shape index (κ3) is 2.74. The number of ether oxygens (including phenoxy) is 1. The van der Waals surface area contributed by atoms with E-state index < -0.39 is 18.1 Å². The van der Waals surface area contributed by atoms with Crippen LogP contribution in [0.4, 0.5) is 5.69 Å². The number of carbonyl (C=O) groups is 1. The van der Waals surface area contributed by atoms with Crippen molar-refractivity contribution < 1.29 is 14.6 Å². The maximum atomic E-state index is 11.5. The molecule has 3 N–H and O–H groups in total. The lowest BCUT2D eigenvalue weighted by Gasteiger charge is -2.37. The molecule has 1 aromatic rings. The quantitative estimate of drug-likeness (QED) is 0.826. The van der Waals surface area contributed by atoms with Gasteiger partial charge in [0.05, 0.1) is 31.0 Å². The molecule has 1 saturated heterocycles. The number of aliphatic hydroxyl groups excluding tert-OH is 1. The lowest BCUT2D eigenvalue weighted by atomic mass is 10.0. The normalized spacial score (nSPS) is 20.2. The Balaban J connectivity index is 2.48. The van der Waals surface area contributed by atoms with Crippen molar-refractivity contribution in [3.8, 4) is 6.07 Å². The van der Waals surface area contributed by atoms with Gasteiger partial charge in [0.1, 0.15) is 6.04 Å². The second-order valence-corrected chi connectivity index (χ2v) is 4.75. The van der Waals surface area contributed by atoms with Gasteiger partial charge in [-0.1, -0.05) is 6.07 Å². The average Bonchev–Trinajstić information content (AvgIpc) is 2.46. The molecule has 1 heterocycles. The molecular weight excluding hydrogens is 258 g/mol. The molecular formula is C14H17N3O3. The third-order valence-corrected chi connectivity index (χ3v) is 3.38. The van der Waals surface area contributed by atoms with Crippen molar-refractivity contribution in [3.05, 3.63) is 29.3 Å². The van der Waals surface area contributed by atoms with Crippen LogP contribution in [0, 0.1) is 11.3 Å². The van der Waals surface area contributed by atoms with Crippen molar-refractivity contribution in [1.29, 1.82) is 5.26 Å². The van der Waals surface area contributed by atoms with Crippen LogP contribution >= 0.6 is 0 Å². The van der Waals surface area contributed by atoms with Gasteiger partial charge in [-0.2, -0.15) is 5.26 Å². The minimum atomic E-state index is -0.700. The van der Waals surface area contributed by atoms with Gasteiger partial charge in [-0.05, 0) is 19.1 Å². The fraction of sp³-hybridized carbons (Fsp3) is 0.429. The molecule has 106 valence electrons. The molecule has 0 aliphatic carbocycles. The topological polar surface area (TPSA) is 99.6 Å². The van der Waals surface area contributed by atoms with Crippen molar-refractivity contribution in [2.75, 3.05) is 24.7 Å². The molecule has 2 atom stereocenters. The van der Waals surface area contributed by atoms with E-state index in [2.05, 4.69) is 6.07 Å². The molecule has 1 fully saturated rings. The van der Waals surface area contributed by atoms with Gasteiger partial charge in [-0.3, -0.25) is 4.79 Å². The molecule has 1 aliphatic heterocycles. The van der Waals surface area contributed by atoms with Crippen LogP contribution in [0.3, 0.4) is 0 Å². The Morgan fingerprint density at radius 2 is 2.40 bits per heavy atom. The van der Waals surface area contributed by atoms with Gasteiger partial charge in [-0.25, -0.2) is 0 Å². The van der Waals surface area contributed by atoms with Gasteiger partial charge in [0, 0.05) is 17.8 Å². The van der Waals surface area contributed by atoms with Gasteiger partial charge in [0.2, 0.25) is 5.91 Å². The van der Waals surface area contributed by atoms with Crippen molar-refractivity contribution in [2.45, 2.75) is 19.1 Å². The van der Waals surface area contributed by atoms with E-state index in [1.807, 2.05) is 0 Å². The molecule has 6 nitrogen and oxygen atoms in total. The zero-order valence-electron chi connectivity index (χ0n) is 11.2. The predicted molar refractivity (Wildman–Crippen MR) is 72.9 cm³/mol. The fourth-order valence-electron chi connectivity index (χ4n) is 2.34. The van der Waals surface area contributed by atoms with Crippen LogP contribution in [0.15, 0.2) is 18.2 Å². The summed E-state index contributed by atoms with van der Waals surface area (Å²) in [6.45, 7) is 2.82. The number of carbonyl (C=O) groups excluding carboxylic acids is 1. The largest absolute Gasteiger partial charge is 0.389 e. The first kappa shape index (κ1) is 14.3. The summed E-state index contributed by atoms with van der Waals surface area (Å²) in [5, 5.41) is 18.9. The number of nitrogens with two attached hydrogens (primary N) is 1. The summed E-state index contributed by atoms with van der Waals surface area (Å²) >= 11 is 0. The molecule has 1 amide bonds. The first-order valence-electron chi connectivity index (χ1n) is 6.40. The van der Waals surface area contributed by atoms with Gasteiger partial charge in [-0.15, -0.1) is 0 Å². The predicted octanol–water partition coefficient (Wildman–Crippen LogP) is 0.302. The van der Waals surface area contributed by atoms with Gasteiger partial charge in [0.15, 0.2) is 0 Å². The van der Waals surface area contributed by atoms with Crippen LogP contribution in [0.25, 0.3) is 0 Å². The van der Waals surface area contributed by atoms with E-state index in [-0.39, 0.29) is 6.61 Å². The third-order valence-electron chi connectivity index (χ3n) is 3.38. The minimum Gasteiger partial charge on any atom is -0.389 e. The Kier molecular flexibility index (Phi) is 4.23. The Hall–Kier alpha value is -2.10. The highest BCUT2D eigenvalue weighted by Crippen LogP contribution is 2.30. The van der Waals surface area contributed by atoms with Crippen LogP contribution in [0.2, 0.25) is 0 Å². The minimum absolute atomic E-state index is 0.214. The highest BCUT2D eigenvalue weighted by molar-refractivity contribution is 5.84. The second-order valence-electron chi connectivity index (χ2n) is 4.75. The summed E-state index contributed by atoms with van der Waals surface area (Å²) in [5.41, 5.74) is 7.20. The molecule has 1 aliphatic rings. The zero-order chi connectivity index (χ0) is 14.7. The Morgan fingerprint density at radius 3 is 3.00 bits per heavy atom. The van der Waals surface area contributed by atoms with Crippen molar-refractivity contribution in [3.63, 3.8) is 0 Å². The first-order chi connectivity index (χ1) is 9.54. The van der Waals surface area contributed by atoms with E-state index in [1.54, 1.807) is 30.0 Å². The summed E-state index contributed by atoms with van der Waals surface area (Å²) in [6, 6.07) is 6.49. The number of rotatable bonds is 3. The maximum absolute atomic E-state index is 11.5. The summed E-state index contributed by atoms with van der Waals surface area (Å²) in [4.78, 5) is 13.3. The Bertz CT molecular complexity index is 551. The summed E-state index contributed by atoms with van der Waals surface area (Å²) < 4.78 is 5.28. The van der Waals surface area contributed by atoms with Crippen molar-refractivity contribution >= 4 is 11.6 Å². The Labute approximate surface area is 117 Å². The number of amides is 1. The lowest BCUT2D eigenvalue weighted by molar-refractivity contribution is -0.121. The van der Waals surface area contributed by atoms with E-state index in [0.717, 1.165) is 0 Å². The van der Waals surface area contributed by atoms with E-state index in [0.29, 0.717) is 30.0 Å². The molecule has 0 bridgehead atoms. The molecule has 6 heteroatoms. The second kappa shape index (κ2) is 5.90. The number of morpholine rings is 1. The van der Waals surface area contributed by atoms with E-state index in [1.165, 1.54) is 0 Å². The van der Waals surface area contributed by atoms with Gasteiger partial charge >= 0.3 is 0 Å². The van der Waals surface area contributed by atoms with Gasteiger partial charge < -0.3 is 20.5 Å². The number of primary amides is 1. The SMILES string of the molecule is C[C@@H](O)c1ccc(C#N)cc1N1CCOCC1C(N)=O. The van der Waals surface area contributed by atoms with Crippen LogP contribution in [-0.2, 0) is 9.53 Å². The number of hydrogen-bond donors (Lipinski definition) is 2. The fourth-order valence-corrected chi connectivity index (χ4v) is 2.34. The molecule has 0 spiro atoms. The molecule has 2 rings (SSSR count). The number of anilines is 1. The summed E-state index contributed by atoms with van der Waals surface area (Å²) in [7, 11) is 0. The average molecular weight is 275 g/mol. The molecule has 1 unspecified atom stereocenters. The molecule has 20 heavy (non-hydrogen) atoms. The Morgan fingerprint density at radius 1 is 1.65 bits per heavy atom. The molecule has 0 aromatic heterocycles. The molecule has 0 saturated carbocycles.